The molecule has 0 bridgehead atoms. The van der Waals surface area contributed by atoms with Crippen LogP contribution < -0.4 is 4.74 Å². The van der Waals surface area contributed by atoms with Crippen LogP contribution >= 0.6 is 11.3 Å². The second-order valence-corrected chi connectivity index (χ2v) is 9.24. The summed E-state index contributed by atoms with van der Waals surface area (Å²) < 4.78 is 48.9. The van der Waals surface area contributed by atoms with E-state index in [1.165, 1.54) is 17.4 Å². The van der Waals surface area contributed by atoms with Crippen molar-refractivity contribution in [1.82, 2.24) is 0 Å². The molecular formula is C26H27F3O4S. The van der Waals surface area contributed by atoms with Crippen molar-refractivity contribution in [2.75, 3.05) is 13.2 Å². The molecule has 1 atom stereocenters. The number of hydrogen-bond donors (Lipinski definition) is 1. The van der Waals surface area contributed by atoms with E-state index >= 15 is 0 Å². The minimum atomic E-state index is -4.76. The van der Waals surface area contributed by atoms with Gasteiger partial charge in [-0.3, -0.25) is 0 Å². The van der Waals surface area contributed by atoms with Crippen molar-refractivity contribution in [1.29, 1.82) is 0 Å². The van der Waals surface area contributed by atoms with E-state index in [2.05, 4.69) is 17.4 Å². The van der Waals surface area contributed by atoms with Crippen molar-refractivity contribution in [2.45, 2.75) is 39.0 Å². The maximum atomic E-state index is 12.9. The predicted molar refractivity (Wildman–Crippen MR) is 128 cm³/mol. The molecule has 0 spiro atoms. The maximum absolute atomic E-state index is 12.9. The lowest BCUT2D eigenvalue weighted by atomic mass is 10.0. The Morgan fingerprint density at radius 3 is 2.68 bits per heavy atom. The zero-order valence-electron chi connectivity index (χ0n) is 18.9. The molecule has 1 heterocycles. The normalized spacial score (nSPS) is 12.5. The minimum Gasteiger partial charge on any atom is -0.462 e. The lowest BCUT2D eigenvalue weighted by Gasteiger charge is -2.13. The average Bonchev–Trinajstić information content (AvgIpc) is 3.20. The second kappa shape index (κ2) is 11.5. The molecule has 0 aliphatic heterocycles. The molecule has 3 rings (SSSR count). The van der Waals surface area contributed by atoms with Crippen molar-refractivity contribution in [3.05, 3.63) is 66.2 Å². The molecule has 182 valence electrons. The fraction of sp³-hybridized carbons (Fsp3) is 0.346. The van der Waals surface area contributed by atoms with Crippen molar-refractivity contribution in [2.24, 2.45) is 5.92 Å². The Labute approximate surface area is 200 Å². The molecule has 3 aromatic rings. The number of thiophene rings is 1. The Hall–Kier alpha value is -2.84. The molecular weight excluding hydrogens is 465 g/mol. The van der Waals surface area contributed by atoms with Crippen LogP contribution in [0.4, 0.5) is 13.2 Å². The molecule has 0 fully saturated rings. The van der Waals surface area contributed by atoms with Gasteiger partial charge in [0.15, 0.2) is 0 Å². The van der Waals surface area contributed by atoms with E-state index in [0.717, 1.165) is 47.4 Å². The third-order valence-electron chi connectivity index (χ3n) is 5.43. The smallest absolute Gasteiger partial charge is 0.462 e. The Kier molecular flexibility index (Phi) is 8.74. The summed E-state index contributed by atoms with van der Waals surface area (Å²) in [4.78, 5) is 11.9. The van der Waals surface area contributed by atoms with Crippen LogP contribution in [-0.2, 0) is 16.0 Å². The molecule has 0 saturated heterocycles. The Balaban J connectivity index is 1.65. The number of aryl methyl sites for hydroxylation is 2. The molecule has 1 unspecified atom stereocenters. The number of ether oxygens (including phenoxy) is 2. The zero-order chi connectivity index (χ0) is 24.7. The van der Waals surface area contributed by atoms with Gasteiger partial charge in [-0.05, 0) is 67.0 Å². The Morgan fingerprint density at radius 2 is 1.97 bits per heavy atom. The predicted octanol–water partition coefficient (Wildman–Crippen LogP) is 6.83. The molecule has 0 aliphatic carbocycles. The highest BCUT2D eigenvalue weighted by Gasteiger charge is 2.32. The average molecular weight is 493 g/mol. The van der Waals surface area contributed by atoms with Crippen LogP contribution in [0.1, 0.15) is 30.4 Å². The van der Waals surface area contributed by atoms with Gasteiger partial charge in [0, 0.05) is 33.7 Å². The third-order valence-corrected chi connectivity index (χ3v) is 6.56. The topological polar surface area (TPSA) is 55.8 Å². The molecule has 34 heavy (non-hydrogen) atoms. The van der Waals surface area contributed by atoms with Crippen molar-refractivity contribution < 1.29 is 32.5 Å². The highest BCUT2D eigenvalue weighted by molar-refractivity contribution is 7.22. The molecule has 0 radical (unpaired) electrons. The van der Waals surface area contributed by atoms with Gasteiger partial charge in [0.2, 0.25) is 0 Å². The number of esters is 1. The fourth-order valence-corrected chi connectivity index (χ4v) is 4.81. The fourth-order valence-electron chi connectivity index (χ4n) is 3.65. The largest absolute Gasteiger partial charge is 0.573 e. The van der Waals surface area contributed by atoms with Gasteiger partial charge < -0.3 is 14.6 Å². The summed E-state index contributed by atoms with van der Waals surface area (Å²) in [6.45, 7) is 5.19. The highest BCUT2D eigenvalue weighted by atomic mass is 32.1. The minimum absolute atomic E-state index is 0.0482. The van der Waals surface area contributed by atoms with Crippen LogP contribution in [0.5, 0.6) is 5.75 Å². The summed E-state index contributed by atoms with van der Waals surface area (Å²) in [5.41, 5.74) is 2.24. The number of fused-ring (bicyclic) bond motifs is 1. The molecule has 0 amide bonds. The van der Waals surface area contributed by atoms with E-state index in [9.17, 15) is 23.1 Å². The van der Waals surface area contributed by atoms with E-state index in [-0.39, 0.29) is 24.9 Å². The van der Waals surface area contributed by atoms with Crippen LogP contribution in [0.2, 0.25) is 0 Å². The molecule has 1 aromatic heterocycles. The van der Waals surface area contributed by atoms with Crippen molar-refractivity contribution >= 4 is 27.4 Å². The van der Waals surface area contributed by atoms with Gasteiger partial charge in [0.25, 0.3) is 0 Å². The number of halogens is 3. The van der Waals surface area contributed by atoms with Crippen LogP contribution in [0.15, 0.2) is 55.1 Å². The van der Waals surface area contributed by atoms with Gasteiger partial charge in [-0.2, -0.15) is 0 Å². The van der Waals surface area contributed by atoms with E-state index in [1.54, 1.807) is 19.1 Å². The summed E-state index contributed by atoms with van der Waals surface area (Å²) in [6.07, 6.45) is -0.315. The number of rotatable bonds is 11. The molecule has 1 N–H and O–H groups in total. The van der Waals surface area contributed by atoms with E-state index in [0.29, 0.717) is 16.0 Å². The zero-order valence-corrected chi connectivity index (χ0v) is 19.7. The molecule has 0 saturated carbocycles. The van der Waals surface area contributed by atoms with Crippen molar-refractivity contribution in [3.8, 4) is 16.2 Å². The number of carbonyl (C=O) groups is 1. The van der Waals surface area contributed by atoms with Gasteiger partial charge in [-0.1, -0.05) is 31.2 Å². The molecule has 0 aliphatic rings. The van der Waals surface area contributed by atoms with Crippen molar-refractivity contribution in [3.63, 3.8) is 0 Å². The van der Waals surface area contributed by atoms with Gasteiger partial charge in [-0.15, -0.1) is 24.5 Å². The molecule has 8 heteroatoms. The van der Waals surface area contributed by atoms with Crippen LogP contribution in [0.25, 0.3) is 20.5 Å². The molecule has 4 nitrogen and oxygen atoms in total. The maximum Gasteiger partial charge on any atom is 0.573 e. The number of hydrogen-bond acceptors (Lipinski definition) is 5. The first-order valence-electron chi connectivity index (χ1n) is 11.0. The van der Waals surface area contributed by atoms with Crippen LogP contribution in [-0.4, -0.2) is 30.7 Å². The SMILES string of the molecule is C=CC(=O)OCC(CO)CCCCc1ccc2cc(-c3ccc(C)cc3OC(F)(F)F)sc2c1. The number of aliphatic hydroxyl groups is 1. The Bertz CT molecular complexity index is 1140. The number of alkyl halides is 3. The summed E-state index contributed by atoms with van der Waals surface area (Å²) in [5, 5.41) is 10.4. The van der Waals surface area contributed by atoms with E-state index < -0.39 is 12.3 Å². The van der Waals surface area contributed by atoms with Gasteiger partial charge in [0.05, 0.1) is 6.61 Å². The monoisotopic (exact) mass is 492 g/mol. The number of aliphatic hydroxyl groups excluding tert-OH is 1. The quantitative estimate of drug-likeness (QED) is 0.181. The van der Waals surface area contributed by atoms with Crippen LogP contribution in [0, 0.1) is 12.8 Å². The number of carbonyl (C=O) groups excluding carboxylic acids is 1. The lowest BCUT2D eigenvalue weighted by molar-refractivity contribution is -0.274. The van der Waals surface area contributed by atoms with Gasteiger partial charge >= 0.3 is 12.3 Å². The standard InChI is InChI=1S/C26H27F3O4S/c1-3-25(31)32-16-19(15-30)7-5-4-6-18-9-10-20-14-24(34-23(20)13-18)21-11-8-17(2)12-22(21)33-26(27,28)29/h3,8-14,19,30H,1,4-7,15-16H2,2H3. The summed E-state index contributed by atoms with van der Waals surface area (Å²) >= 11 is 1.43. The summed E-state index contributed by atoms with van der Waals surface area (Å²) in [6, 6.07) is 12.8. The molecule has 2 aromatic carbocycles. The van der Waals surface area contributed by atoms with E-state index in [4.69, 9.17) is 4.74 Å². The summed E-state index contributed by atoms with van der Waals surface area (Å²) in [7, 11) is 0. The second-order valence-electron chi connectivity index (χ2n) is 8.16. The van der Waals surface area contributed by atoms with Gasteiger partial charge in [-0.25, -0.2) is 4.79 Å². The third kappa shape index (κ3) is 7.33. The first-order chi connectivity index (χ1) is 16.2. The first-order valence-corrected chi connectivity index (χ1v) is 11.8. The highest BCUT2D eigenvalue weighted by Crippen LogP contribution is 2.40. The first kappa shape index (κ1) is 25.8. The lowest BCUT2D eigenvalue weighted by Crippen LogP contribution is -2.17. The summed E-state index contributed by atoms with van der Waals surface area (Å²) in [5.74, 6) is -0.796. The van der Waals surface area contributed by atoms with Crippen LogP contribution in [0.3, 0.4) is 0 Å². The number of unbranched alkanes of at least 4 members (excludes halogenated alkanes) is 1. The number of benzene rings is 2. The Morgan fingerprint density at radius 1 is 1.18 bits per heavy atom. The van der Waals surface area contributed by atoms with E-state index in [1.807, 2.05) is 18.2 Å². The van der Waals surface area contributed by atoms with Gasteiger partial charge in [0.1, 0.15) is 5.75 Å².